The lowest BCUT2D eigenvalue weighted by molar-refractivity contribution is -0.123. The predicted molar refractivity (Wildman–Crippen MR) is 45.4 cm³/mol. The average molecular weight is 172 g/mol. The highest BCUT2D eigenvalue weighted by Gasteiger charge is 2.45. The van der Waals surface area contributed by atoms with Crippen LogP contribution in [-0.2, 0) is 4.79 Å². The van der Waals surface area contributed by atoms with E-state index in [1.165, 1.54) is 0 Å². The molecule has 4 nitrogen and oxygen atoms in total. The first-order valence-electron chi connectivity index (χ1n) is 4.26. The van der Waals surface area contributed by atoms with Gasteiger partial charge in [-0.2, -0.15) is 0 Å². The molecule has 0 aliphatic heterocycles. The number of hydrogen-bond donors (Lipinski definition) is 3. The Labute approximate surface area is 72.1 Å². The van der Waals surface area contributed by atoms with E-state index in [1.807, 2.05) is 6.92 Å². The molecule has 1 unspecified atom stereocenters. The van der Waals surface area contributed by atoms with Crippen molar-refractivity contribution in [2.45, 2.75) is 25.3 Å². The summed E-state index contributed by atoms with van der Waals surface area (Å²) in [7, 11) is 0. The third-order valence-corrected chi connectivity index (χ3v) is 2.16. The quantitative estimate of drug-likeness (QED) is 0.521. The van der Waals surface area contributed by atoms with E-state index in [2.05, 4.69) is 5.32 Å². The van der Waals surface area contributed by atoms with Gasteiger partial charge in [0.1, 0.15) is 0 Å². The van der Waals surface area contributed by atoms with Crippen LogP contribution in [0.5, 0.6) is 0 Å². The zero-order valence-electron chi connectivity index (χ0n) is 7.34. The Kier molecular flexibility index (Phi) is 2.69. The summed E-state index contributed by atoms with van der Waals surface area (Å²) in [5.74, 6) is 0.0269. The van der Waals surface area contributed by atoms with Crippen LogP contribution in [0.2, 0.25) is 0 Å². The molecular weight excluding hydrogens is 156 g/mol. The normalized spacial score (nSPS) is 21.6. The molecule has 1 aliphatic rings. The highest BCUT2D eigenvalue weighted by atomic mass is 16.3. The number of carbonyl (C=O) groups is 1. The van der Waals surface area contributed by atoms with E-state index < -0.39 is 5.54 Å². The van der Waals surface area contributed by atoms with Crippen LogP contribution < -0.4 is 11.1 Å². The lowest BCUT2D eigenvalue weighted by atomic mass is 10.2. The summed E-state index contributed by atoms with van der Waals surface area (Å²) in [5.41, 5.74) is 5.06. The van der Waals surface area contributed by atoms with Crippen LogP contribution in [0, 0.1) is 5.92 Å². The molecule has 0 aromatic heterocycles. The number of aliphatic hydroxyl groups is 1. The van der Waals surface area contributed by atoms with Gasteiger partial charge in [-0.25, -0.2) is 0 Å². The number of nitrogens with two attached hydrogens (primary N) is 1. The minimum atomic E-state index is -0.588. The summed E-state index contributed by atoms with van der Waals surface area (Å²) < 4.78 is 0. The zero-order chi connectivity index (χ0) is 9.19. The maximum atomic E-state index is 11.2. The van der Waals surface area contributed by atoms with Crippen molar-refractivity contribution in [1.82, 2.24) is 5.32 Å². The molecule has 1 fully saturated rings. The molecule has 0 saturated heterocycles. The van der Waals surface area contributed by atoms with Crippen LogP contribution in [0.1, 0.15) is 19.8 Å². The second-order valence-electron chi connectivity index (χ2n) is 3.65. The monoisotopic (exact) mass is 172 g/mol. The lowest BCUT2D eigenvalue weighted by Gasteiger charge is -2.12. The molecule has 0 spiro atoms. The summed E-state index contributed by atoms with van der Waals surface area (Å²) in [6.45, 7) is 2.47. The van der Waals surface area contributed by atoms with Gasteiger partial charge >= 0.3 is 0 Å². The van der Waals surface area contributed by atoms with E-state index in [9.17, 15) is 4.79 Å². The summed E-state index contributed by atoms with van der Waals surface area (Å²) in [6.07, 6.45) is 1.57. The van der Waals surface area contributed by atoms with E-state index in [-0.39, 0.29) is 18.4 Å². The zero-order valence-corrected chi connectivity index (χ0v) is 7.34. The van der Waals surface area contributed by atoms with Crippen molar-refractivity contribution in [1.29, 1.82) is 0 Å². The number of nitrogens with one attached hydrogen (secondary N) is 1. The third-order valence-electron chi connectivity index (χ3n) is 2.16. The molecule has 1 aliphatic carbocycles. The van der Waals surface area contributed by atoms with E-state index in [4.69, 9.17) is 10.8 Å². The van der Waals surface area contributed by atoms with Crippen molar-refractivity contribution >= 4 is 5.91 Å². The second kappa shape index (κ2) is 3.41. The highest BCUT2D eigenvalue weighted by molar-refractivity contribution is 5.88. The molecule has 0 aromatic carbocycles. The lowest BCUT2D eigenvalue weighted by Crippen LogP contribution is -2.44. The second-order valence-corrected chi connectivity index (χ2v) is 3.65. The van der Waals surface area contributed by atoms with Gasteiger partial charge in [0.25, 0.3) is 0 Å². The van der Waals surface area contributed by atoms with Gasteiger partial charge in [-0.15, -0.1) is 0 Å². The molecule has 1 saturated carbocycles. The molecular formula is C8H16N2O2. The molecule has 1 amide bonds. The maximum Gasteiger partial charge on any atom is 0.240 e. The molecule has 70 valence electrons. The topological polar surface area (TPSA) is 75.3 Å². The average Bonchev–Trinajstić information content (AvgIpc) is 2.80. The molecule has 0 bridgehead atoms. The Morgan fingerprint density at radius 3 is 2.75 bits per heavy atom. The van der Waals surface area contributed by atoms with E-state index in [0.717, 1.165) is 12.8 Å². The summed E-state index contributed by atoms with van der Waals surface area (Å²) in [6, 6.07) is 0. The predicted octanol–water partition coefficient (Wildman–Crippen LogP) is -0.778. The summed E-state index contributed by atoms with van der Waals surface area (Å²) >= 11 is 0. The Morgan fingerprint density at radius 2 is 2.33 bits per heavy atom. The van der Waals surface area contributed by atoms with E-state index >= 15 is 0 Å². The molecule has 4 N–H and O–H groups in total. The van der Waals surface area contributed by atoms with E-state index in [1.54, 1.807) is 0 Å². The first-order chi connectivity index (χ1) is 5.58. The van der Waals surface area contributed by atoms with Crippen LogP contribution in [0.4, 0.5) is 0 Å². The van der Waals surface area contributed by atoms with Crippen molar-refractivity contribution < 1.29 is 9.90 Å². The number of rotatable bonds is 4. The molecule has 1 atom stereocenters. The number of hydrogen-bond acceptors (Lipinski definition) is 3. The smallest absolute Gasteiger partial charge is 0.240 e. The Balaban J connectivity index is 2.19. The molecule has 12 heavy (non-hydrogen) atoms. The number of amides is 1. The van der Waals surface area contributed by atoms with Crippen LogP contribution in [-0.4, -0.2) is 29.7 Å². The molecule has 4 heteroatoms. The molecule has 0 heterocycles. The van der Waals surface area contributed by atoms with Gasteiger partial charge in [-0.1, -0.05) is 6.92 Å². The minimum absolute atomic E-state index is 0.0807. The Bertz CT molecular complexity index is 178. The van der Waals surface area contributed by atoms with Gasteiger partial charge < -0.3 is 16.2 Å². The number of aliphatic hydroxyl groups excluding tert-OH is 1. The van der Waals surface area contributed by atoms with Crippen LogP contribution in [0.3, 0.4) is 0 Å². The van der Waals surface area contributed by atoms with Crippen molar-refractivity contribution in [2.75, 3.05) is 13.2 Å². The Hall–Kier alpha value is -0.610. The maximum absolute atomic E-state index is 11.2. The van der Waals surface area contributed by atoms with Gasteiger partial charge in [0.2, 0.25) is 5.91 Å². The fourth-order valence-corrected chi connectivity index (χ4v) is 0.869. The van der Waals surface area contributed by atoms with Crippen molar-refractivity contribution in [3.8, 4) is 0 Å². The first-order valence-corrected chi connectivity index (χ1v) is 4.26. The fraction of sp³-hybridized carbons (Fsp3) is 0.875. The standard InChI is InChI=1S/C8H16N2O2/c1-6(5-11)4-10-7(12)8(9)2-3-8/h6,11H,2-5,9H2,1H3,(H,10,12). The van der Waals surface area contributed by atoms with Gasteiger partial charge in [-0.3, -0.25) is 4.79 Å². The molecule has 1 rings (SSSR count). The van der Waals surface area contributed by atoms with E-state index in [0.29, 0.717) is 6.54 Å². The molecule has 0 radical (unpaired) electrons. The fourth-order valence-electron chi connectivity index (χ4n) is 0.869. The van der Waals surface area contributed by atoms with Crippen LogP contribution in [0.25, 0.3) is 0 Å². The van der Waals surface area contributed by atoms with Crippen LogP contribution >= 0.6 is 0 Å². The van der Waals surface area contributed by atoms with Gasteiger partial charge in [0, 0.05) is 13.2 Å². The van der Waals surface area contributed by atoms with Crippen LogP contribution in [0.15, 0.2) is 0 Å². The minimum Gasteiger partial charge on any atom is -0.396 e. The first kappa shape index (κ1) is 9.48. The largest absolute Gasteiger partial charge is 0.396 e. The highest BCUT2D eigenvalue weighted by Crippen LogP contribution is 2.31. The third kappa shape index (κ3) is 2.19. The number of carbonyl (C=O) groups excluding carboxylic acids is 1. The SMILES string of the molecule is CC(CO)CNC(=O)C1(N)CC1. The van der Waals surface area contributed by atoms with Crippen molar-refractivity contribution in [3.05, 3.63) is 0 Å². The van der Waals surface area contributed by atoms with Gasteiger partial charge in [-0.05, 0) is 18.8 Å². The summed E-state index contributed by atoms with van der Waals surface area (Å²) in [5, 5.41) is 11.4. The van der Waals surface area contributed by atoms with Gasteiger partial charge in [0.05, 0.1) is 5.54 Å². The summed E-state index contributed by atoms with van der Waals surface area (Å²) in [4.78, 5) is 11.2. The Morgan fingerprint density at radius 1 is 1.75 bits per heavy atom. The molecule has 0 aromatic rings. The van der Waals surface area contributed by atoms with Gasteiger partial charge in [0.15, 0.2) is 0 Å². The van der Waals surface area contributed by atoms with Crippen molar-refractivity contribution in [3.63, 3.8) is 0 Å². The van der Waals surface area contributed by atoms with Crippen molar-refractivity contribution in [2.24, 2.45) is 11.7 Å².